The summed E-state index contributed by atoms with van der Waals surface area (Å²) in [5.41, 5.74) is 5.48. The van der Waals surface area contributed by atoms with Gasteiger partial charge in [-0.25, -0.2) is 9.59 Å². The molecule has 0 aliphatic rings. The number of hydrogen-bond donors (Lipinski definition) is 3. The van der Waals surface area contributed by atoms with Gasteiger partial charge in [0.15, 0.2) is 0 Å². The van der Waals surface area contributed by atoms with Crippen molar-refractivity contribution in [3.8, 4) is 0 Å². The van der Waals surface area contributed by atoms with Crippen molar-refractivity contribution >= 4 is 12.0 Å². The molecule has 0 radical (unpaired) electrons. The van der Waals surface area contributed by atoms with Crippen LogP contribution in [0.25, 0.3) is 0 Å². The Morgan fingerprint density at radius 2 is 2.06 bits per heavy atom. The fraction of sp³-hybridized carbons (Fsp3) is 0.364. The first-order valence-corrected chi connectivity index (χ1v) is 5.32. The molecule has 0 unspecified atom stereocenters. The highest BCUT2D eigenvalue weighted by Crippen LogP contribution is 2.10. The molecule has 1 heterocycles. The van der Waals surface area contributed by atoms with E-state index in [1.165, 1.54) is 10.6 Å². The molecule has 1 rings (SSSR count). The van der Waals surface area contributed by atoms with Crippen LogP contribution >= 0.6 is 0 Å². The monoisotopic (exact) mass is 253 g/mol. The molecule has 4 N–H and O–H groups in total. The first kappa shape index (κ1) is 13.8. The molecule has 0 saturated heterocycles. The Bertz CT molecular complexity index is 548. The van der Waals surface area contributed by atoms with Crippen LogP contribution in [-0.4, -0.2) is 28.2 Å². The van der Waals surface area contributed by atoms with Gasteiger partial charge in [-0.1, -0.05) is 0 Å². The molecule has 1 aromatic rings. The molecule has 18 heavy (non-hydrogen) atoms. The largest absolute Gasteiger partial charge is 0.478 e. The van der Waals surface area contributed by atoms with Gasteiger partial charge in [-0.15, -0.1) is 0 Å². The fourth-order valence-corrected chi connectivity index (χ4v) is 1.81. The number of pyridine rings is 1. The molecular weight excluding hydrogens is 238 g/mol. The third-order valence-corrected chi connectivity index (χ3v) is 2.62. The number of primary amides is 1. The number of carbonyl (C=O) groups excluding carboxylic acids is 1. The van der Waals surface area contributed by atoms with Crippen molar-refractivity contribution in [1.82, 2.24) is 9.88 Å². The van der Waals surface area contributed by atoms with Crippen LogP contribution in [0.3, 0.4) is 0 Å². The number of aromatic carboxylic acids is 1. The minimum Gasteiger partial charge on any atom is -0.478 e. The predicted octanol–water partition coefficient (Wildman–Crippen LogP) is -0.168. The average molecular weight is 253 g/mol. The molecular formula is C11H15N3O4. The summed E-state index contributed by atoms with van der Waals surface area (Å²) in [5.74, 6) is -1.08. The summed E-state index contributed by atoms with van der Waals surface area (Å²) in [4.78, 5) is 33.3. The second-order valence-corrected chi connectivity index (χ2v) is 3.87. The Hall–Kier alpha value is -2.31. The van der Waals surface area contributed by atoms with Gasteiger partial charge in [0, 0.05) is 24.8 Å². The van der Waals surface area contributed by atoms with Gasteiger partial charge in [0.2, 0.25) is 0 Å². The number of aryl methyl sites for hydroxylation is 1. The Morgan fingerprint density at radius 3 is 2.56 bits per heavy atom. The lowest BCUT2D eigenvalue weighted by Gasteiger charge is -2.13. The maximum absolute atomic E-state index is 11.7. The van der Waals surface area contributed by atoms with Gasteiger partial charge in [0.25, 0.3) is 5.56 Å². The number of rotatable bonds is 4. The summed E-state index contributed by atoms with van der Waals surface area (Å²) in [6.45, 7) is 3.47. The summed E-state index contributed by atoms with van der Waals surface area (Å²) in [6.07, 6.45) is 0. The second kappa shape index (κ2) is 5.35. The molecule has 7 nitrogen and oxygen atoms in total. The molecule has 0 aliphatic carbocycles. The number of carboxylic acids is 1. The van der Waals surface area contributed by atoms with Gasteiger partial charge in [0.1, 0.15) is 0 Å². The van der Waals surface area contributed by atoms with E-state index in [1.54, 1.807) is 13.8 Å². The normalized spacial score (nSPS) is 10.1. The molecule has 0 fully saturated rings. The third-order valence-electron chi connectivity index (χ3n) is 2.62. The van der Waals surface area contributed by atoms with Gasteiger partial charge in [-0.05, 0) is 19.4 Å². The molecule has 0 aliphatic heterocycles. The van der Waals surface area contributed by atoms with Gasteiger partial charge < -0.3 is 20.7 Å². The van der Waals surface area contributed by atoms with Crippen LogP contribution in [0.15, 0.2) is 10.9 Å². The Balaban J connectivity index is 3.12. The van der Waals surface area contributed by atoms with E-state index in [4.69, 9.17) is 10.8 Å². The smallest absolute Gasteiger partial charge is 0.337 e. The summed E-state index contributed by atoms with van der Waals surface area (Å²) in [6, 6.07) is 0.576. The molecule has 7 heteroatoms. The van der Waals surface area contributed by atoms with E-state index in [9.17, 15) is 14.4 Å². The fourth-order valence-electron chi connectivity index (χ4n) is 1.81. The van der Waals surface area contributed by atoms with Crippen molar-refractivity contribution in [3.63, 3.8) is 0 Å². The number of carbonyl (C=O) groups is 2. The zero-order valence-electron chi connectivity index (χ0n) is 10.2. The van der Waals surface area contributed by atoms with E-state index in [-0.39, 0.29) is 24.2 Å². The van der Waals surface area contributed by atoms with Crippen molar-refractivity contribution in [2.24, 2.45) is 5.73 Å². The maximum atomic E-state index is 11.7. The Kier molecular flexibility index (Phi) is 4.09. The molecule has 1 aromatic heterocycles. The number of aromatic nitrogens is 1. The number of urea groups is 1. The number of amides is 2. The van der Waals surface area contributed by atoms with E-state index in [2.05, 4.69) is 5.32 Å². The minimum absolute atomic E-state index is 0.105. The molecule has 0 saturated carbocycles. The van der Waals surface area contributed by atoms with Crippen LogP contribution in [0.2, 0.25) is 0 Å². The minimum atomic E-state index is -1.08. The second-order valence-electron chi connectivity index (χ2n) is 3.87. The maximum Gasteiger partial charge on any atom is 0.337 e. The lowest BCUT2D eigenvalue weighted by molar-refractivity contribution is 0.0694. The van der Waals surface area contributed by atoms with E-state index in [0.717, 1.165) is 0 Å². The van der Waals surface area contributed by atoms with Gasteiger partial charge in [-0.2, -0.15) is 0 Å². The number of nitrogens with one attached hydrogen (secondary N) is 1. The van der Waals surface area contributed by atoms with Crippen molar-refractivity contribution < 1.29 is 14.7 Å². The van der Waals surface area contributed by atoms with Gasteiger partial charge >= 0.3 is 12.0 Å². The topological polar surface area (TPSA) is 114 Å². The number of hydrogen-bond acceptors (Lipinski definition) is 3. The standard InChI is InChI=1S/C11H15N3O4/c1-6-5-8(15)14(4-3-13-11(12)18)7(2)9(6)10(16)17/h5H,3-4H2,1-2H3,(H,16,17)(H3,12,13,18). The van der Waals surface area contributed by atoms with Crippen LogP contribution in [0, 0.1) is 13.8 Å². The lowest BCUT2D eigenvalue weighted by Crippen LogP contribution is -2.35. The number of nitrogens with zero attached hydrogens (tertiary/aromatic N) is 1. The summed E-state index contributed by atoms with van der Waals surface area (Å²) in [7, 11) is 0. The summed E-state index contributed by atoms with van der Waals surface area (Å²) >= 11 is 0. The van der Waals surface area contributed by atoms with Gasteiger partial charge in [0.05, 0.1) is 5.56 Å². The van der Waals surface area contributed by atoms with E-state index in [1.807, 2.05) is 0 Å². The van der Waals surface area contributed by atoms with Crippen LogP contribution in [0.5, 0.6) is 0 Å². The van der Waals surface area contributed by atoms with Crippen molar-refractivity contribution in [3.05, 3.63) is 33.2 Å². The highest BCUT2D eigenvalue weighted by atomic mass is 16.4. The Morgan fingerprint density at radius 1 is 1.44 bits per heavy atom. The zero-order chi connectivity index (χ0) is 13.9. The van der Waals surface area contributed by atoms with Crippen molar-refractivity contribution in [2.45, 2.75) is 20.4 Å². The molecule has 0 spiro atoms. The predicted molar refractivity (Wildman–Crippen MR) is 64.7 cm³/mol. The number of carboxylic acid groups (broad SMARTS) is 1. The highest BCUT2D eigenvalue weighted by Gasteiger charge is 2.15. The molecule has 2 amide bonds. The van der Waals surface area contributed by atoms with E-state index in [0.29, 0.717) is 11.3 Å². The average Bonchev–Trinajstić information content (AvgIpc) is 2.21. The third kappa shape index (κ3) is 2.88. The molecule has 0 atom stereocenters. The van der Waals surface area contributed by atoms with Crippen molar-refractivity contribution in [2.75, 3.05) is 6.54 Å². The lowest BCUT2D eigenvalue weighted by atomic mass is 10.1. The molecule has 98 valence electrons. The molecule has 0 aromatic carbocycles. The van der Waals surface area contributed by atoms with Crippen molar-refractivity contribution in [1.29, 1.82) is 0 Å². The Labute approximate surface area is 103 Å². The van der Waals surface area contributed by atoms with Crippen LogP contribution in [-0.2, 0) is 6.54 Å². The highest BCUT2D eigenvalue weighted by molar-refractivity contribution is 5.90. The SMILES string of the molecule is Cc1cc(=O)n(CCNC(N)=O)c(C)c1C(=O)O. The van der Waals surface area contributed by atoms with E-state index < -0.39 is 12.0 Å². The summed E-state index contributed by atoms with van der Waals surface area (Å²) in [5, 5.41) is 11.4. The van der Waals surface area contributed by atoms with E-state index >= 15 is 0 Å². The first-order valence-electron chi connectivity index (χ1n) is 5.32. The summed E-state index contributed by atoms with van der Waals surface area (Å²) < 4.78 is 1.30. The van der Waals surface area contributed by atoms with Crippen LogP contribution < -0.4 is 16.6 Å². The quantitative estimate of drug-likeness (QED) is 0.691. The van der Waals surface area contributed by atoms with Crippen LogP contribution in [0.4, 0.5) is 4.79 Å². The first-order chi connectivity index (χ1) is 8.34. The number of nitrogens with two attached hydrogens (primary N) is 1. The zero-order valence-corrected chi connectivity index (χ0v) is 10.2. The van der Waals surface area contributed by atoms with Gasteiger partial charge in [-0.3, -0.25) is 4.79 Å². The molecule has 0 bridgehead atoms. The van der Waals surface area contributed by atoms with Crippen LogP contribution in [0.1, 0.15) is 21.6 Å².